The van der Waals surface area contributed by atoms with Crippen molar-refractivity contribution in [2.24, 2.45) is 0 Å². The van der Waals surface area contributed by atoms with Crippen molar-refractivity contribution in [1.29, 1.82) is 0 Å². The lowest BCUT2D eigenvalue weighted by Gasteiger charge is -2.23. The Morgan fingerprint density at radius 3 is 2.80 bits per heavy atom. The Morgan fingerprint density at radius 2 is 2.00 bits per heavy atom. The van der Waals surface area contributed by atoms with E-state index in [4.69, 9.17) is 5.73 Å². The summed E-state index contributed by atoms with van der Waals surface area (Å²) in [5.74, 6) is 1.09. The first-order valence-electron chi connectivity index (χ1n) is 10.9. The number of nitrogens with one attached hydrogen (secondary N) is 2. The second kappa shape index (κ2) is 7.95. The standard InChI is InChI=1S/C24H28N6/c1-2-30-21-9-4-3-8-18(21)19-13-16(10-11-22(19)30)20-15-28-24(29-23(20)25)27-14-17-7-5-6-12-26-17/h3-4,8-11,13,15,17,26H,2,5-7,12,14H2,1H3,(H3,25,27,28,29). The van der Waals surface area contributed by atoms with Crippen LogP contribution >= 0.6 is 0 Å². The average molecular weight is 401 g/mol. The van der Waals surface area contributed by atoms with Gasteiger partial charge in [0.05, 0.1) is 0 Å². The molecule has 30 heavy (non-hydrogen) atoms. The first kappa shape index (κ1) is 18.9. The predicted octanol–water partition coefficient (Wildman–Crippen LogP) is 4.41. The number of hydrogen-bond donors (Lipinski definition) is 3. The molecule has 1 unspecified atom stereocenters. The maximum Gasteiger partial charge on any atom is 0.224 e. The molecule has 154 valence electrons. The molecule has 0 saturated carbocycles. The van der Waals surface area contributed by atoms with E-state index in [1.54, 1.807) is 0 Å². The first-order valence-corrected chi connectivity index (χ1v) is 10.9. The van der Waals surface area contributed by atoms with E-state index in [0.29, 0.717) is 17.8 Å². The molecule has 6 heteroatoms. The molecular weight excluding hydrogens is 372 g/mol. The largest absolute Gasteiger partial charge is 0.383 e. The van der Waals surface area contributed by atoms with E-state index in [9.17, 15) is 0 Å². The van der Waals surface area contributed by atoms with Gasteiger partial charge in [0, 0.05) is 52.7 Å². The zero-order valence-electron chi connectivity index (χ0n) is 17.4. The van der Waals surface area contributed by atoms with Gasteiger partial charge in [-0.25, -0.2) is 4.98 Å². The number of hydrogen-bond acceptors (Lipinski definition) is 5. The van der Waals surface area contributed by atoms with E-state index in [1.165, 1.54) is 41.1 Å². The van der Waals surface area contributed by atoms with Gasteiger partial charge < -0.3 is 20.9 Å². The van der Waals surface area contributed by atoms with Crippen LogP contribution in [0, 0.1) is 0 Å². The van der Waals surface area contributed by atoms with Crippen LogP contribution in [0.4, 0.5) is 11.8 Å². The second-order valence-corrected chi connectivity index (χ2v) is 8.01. The molecule has 0 spiro atoms. The third-order valence-electron chi connectivity index (χ3n) is 6.14. The number of fused-ring (bicyclic) bond motifs is 3. The summed E-state index contributed by atoms with van der Waals surface area (Å²) in [5, 5.41) is 9.35. The average Bonchev–Trinajstić information content (AvgIpc) is 3.11. The molecule has 0 bridgehead atoms. The number of nitrogens with two attached hydrogens (primary N) is 1. The fourth-order valence-corrected chi connectivity index (χ4v) is 4.58. The molecule has 2 aromatic carbocycles. The third kappa shape index (κ3) is 3.37. The highest BCUT2D eigenvalue weighted by atomic mass is 15.1. The Kier molecular flexibility index (Phi) is 5.01. The molecule has 1 aliphatic heterocycles. The summed E-state index contributed by atoms with van der Waals surface area (Å²) in [6.07, 6.45) is 5.55. The van der Waals surface area contributed by atoms with E-state index < -0.39 is 0 Å². The molecule has 3 heterocycles. The van der Waals surface area contributed by atoms with Crippen molar-refractivity contribution in [2.45, 2.75) is 38.8 Å². The van der Waals surface area contributed by atoms with Crippen LogP contribution < -0.4 is 16.4 Å². The number of rotatable bonds is 5. The summed E-state index contributed by atoms with van der Waals surface area (Å²) >= 11 is 0. The zero-order valence-corrected chi connectivity index (χ0v) is 17.4. The van der Waals surface area contributed by atoms with Gasteiger partial charge in [-0.1, -0.05) is 30.7 Å². The minimum Gasteiger partial charge on any atom is -0.383 e. The number of nitrogens with zero attached hydrogens (tertiary/aromatic N) is 3. The zero-order chi connectivity index (χ0) is 20.5. The van der Waals surface area contributed by atoms with E-state index in [1.807, 2.05) is 6.20 Å². The summed E-state index contributed by atoms with van der Waals surface area (Å²) in [4.78, 5) is 9.05. The van der Waals surface area contributed by atoms with Gasteiger partial charge in [0.25, 0.3) is 0 Å². The Bertz CT molecular complexity index is 1190. The molecule has 0 radical (unpaired) electrons. The van der Waals surface area contributed by atoms with Crippen LogP contribution in [-0.2, 0) is 6.54 Å². The van der Waals surface area contributed by atoms with Crippen molar-refractivity contribution in [3.8, 4) is 11.1 Å². The van der Waals surface area contributed by atoms with Gasteiger partial charge in [-0.05, 0) is 50.1 Å². The lowest BCUT2D eigenvalue weighted by Crippen LogP contribution is -2.39. The van der Waals surface area contributed by atoms with Crippen molar-refractivity contribution in [3.05, 3.63) is 48.7 Å². The maximum absolute atomic E-state index is 6.34. The Hall–Kier alpha value is -3.12. The van der Waals surface area contributed by atoms with Gasteiger partial charge in [-0.3, -0.25) is 0 Å². The molecule has 1 atom stereocenters. The van der Waals surface area contributed by atoms with Gasteiger partial charge in [0.15, 0.2) is 0 Å². The third-order valence-corrected chi connectivity index (χ3v) is 6.14. The first-order chi connectivity index (χ1) is 14.7. The van der Waals surface area contributed by atoms with Crippen molar-refractivity contribution in [3.63, 3.8) is 0 Å². The number of para-hydroxylation sites is 1. The van der Waals surface area contributed by atoms with Crippen molar-refractivity contribution in [1.82, 2.24) is 19.9 Å². The van der Waals surface area contributed by atoms with Crippen molar-refractivity contribution < 1.29 is 0 Å². The molecule has 1 saturated heterocycles. The number of piperidine rings is 1. The Labute approximate surface area is 176 Å². The minimum atomic E-state index is 0.474. The van der Waals surface area contributed by atoms with Crippen molar-refractivity contribution in [2.75, 3.05) is 24.1 Å². The quantitative estimate of drug-likeness (QED) is 0.462. The second-order valence-electron chi connectivity index (χ2n) is 8.01. The van der Waals surface area contributed by atoms with Crippen LogP contribution in [0.2, 0.25) is 0 Å². The molecule has 4 aromatic rings. The van der Waals surface area contributed by atoms with Crippen LogP contribution in [0.3, 0.4) is 0 Å². The molecule has 0 amide bonds. The van der Waals surface area contributed by atoms with Crippen molar-refractivity contribution >= 4 is 33.6 Å². The van der Waals surface area contributed by atoms with Gasteiger partial charge in [0.1, 0.15) is 5.82 Å². The summed E-state index contributed by atoms with van der Waals surface area (Å²) in [7, 11) is 0. The number of aryl methyl sites for hydroxylation is 1. The van der Waals surface area contributed by atoms with Gasteiger partial charge in [-0.15, -0.1) is 0 Å². The molecule has 6 nitrogen and oxygen atoms in total. The minimum absolute atomic E-state index is 0.474. The maximum atomic E-state index is 6.34. The monoisotopic (exact) mass is 400 g/mol. The Morgan fingerprint density at radius 1 is 1.13 bits per heavy atom. The van der Waals surface area contributed by atoms with Gasteiger partial charge in [0.2, 0.25) is 5.95 Å². The van der Waals surface area contributed by atoms with E-state index >= 15 is 0 Å². The molecule has 1 fully saturated rings. The fraction of sp³-hybridized carbons (Fsp3) is 0.333. The highest BCUT2D eigenvalue weighted by Crippen LogP contribution is 2.33. The Balaban J connectivity index is 1.45. The normalized spacial score (nSPS) is 16.9. The highest BCUT2D eigenvalue weighted by molar-refractivity contribution is 6.09. The highest BCUT2D eigenvalue weighted by Gasteiger charge is 2.15. The lowest BCUT2D eigenvalue weighted by atomic mass is 10.0. The number of anilines is 2. The fourth-order valence-electron chi connectivity index (χ4n) is 4.58. The molecular formula is C24H28N6. The number of nitrogen functional groups attached to an aromatic ring is 1. The van der Waals surface area contributed by atoms with Crippen LogP contribution in [0.25, 0.3) is 32.9 Å². The van der Waals surface area contributed by atoms with Crippen LogP contribution in [0.15, 0.2) is 48.7 Å². The molecule has 2 aromatic heterocycles. The summed E-state index contributed by atoms with van der Waals surface area (Å²) < 4.78 is 2.35. The van der Waals surface area contributed by atoms with Crippen LogP contribution in [0.1, 0.15) is 26.2 Å². The molecule has 0 aliphatic carbocycles. The summed E-state index contributed by atoms with van der Waals surface area (Å²) in [6, 6.07) is 15.5. The van der Waals surface area contributed by atoms with Crippen LogP contribution in [-0.4, -0.2) is 33.7 Å². The van der Waals surface area contributed by atoms with Crippen LogP contribution in [0.5, 0.6) is 0 Å². The topological polar surface area (TPSA) is 80.8 Å². The van der Waals surface area contributed by atoms with Gasteiger partial charge >= 0.3 is 0 Å². The van der Waals surface area contributed by atoms with E-state index in [2.05, 4.69) is 74.6 Å². The number of benzene rings is 2. The summed E-state index contributed by atoms with van der Waals surface area (Å²) in [5.41, 5.74) is 10.7. The summed E-state index contributed by atoms with van der Waals surface area (Å²) in [6.45, 7) is 5.03. The predicted molar refractivity (Wildman–Crippen MR) is 125 cm³/mol. The smallest absolute Gasteiger partial charge is 0.224 e. The number of aromatic nitrogens is 3. The van der Waals surface area contributed by atoms with Gasteiger partial charge in [-0.2, -0.15) is 4.98 Å². The van der Waals surface area contributed by atoms with E-state index in [0.717, 1.165) is 30.8 Å². The lowest BCUT2D eigenvalue weighted by molar-refractivity contribution is 0.413. The molecule has 4 N–H and O–H groups in total. The van der Waals surface area contributed by atoms with E-state index in [-0.39, 0.29) is 0 Å². The SMILES string of the molecule is CCn1c2ccccc2c2cc(-c3cnc(NCC4CCCCN4)nc3N)ccc21. The molecule has 1 aliphatic rings. The molecule has 5 rings (SSSR count).